The molecule has 1 fully saturated rings. The van der Waals surface area contributed by atoms with Crippen LogP contribution in [0.3, 0.4) is 0 Å². The van der Waals surface area contributed by atoms with Gasteiger partial charge in [0.05, 0.1) is 25.9 Å². The number of benzene rings is 1. The molecule has 0 bridgehead atoms. The quantitative estimate of drug-likeness (QED) is 0.865. The van der Waals surface area contributed by atoms with E-state index in [0.29, 0.717) is 24.6 Å². The van der Waals surface area contributed by atoms with E-state index < -0.39 is 0 Å². The van der Waals surface area contributed by atoms with Gasteiger partial charge in [-0.3, -0.25) is 4.79 Å². The number of methoxy groups -OCH3 is 1. The van der Waals surface area contributed by atoms with Crippen LogP contribution >= 0.6 is 0 Å². The first-order chi connectivity index (χ1) is 10.1. The van der Waals surface area contributed by atoms with E-state index in [0.717, 1.165) is 0 Å². The van der Waals surface area contributed by atoms with Gasteiger partial charge in [0.2, 0.25) is 0 Å². The molecule has 1 aliphatic rings. The summed E-state index contributed by atoms with van der Waals surface area (Å²) >= 11 is 0. The third-order valence-corrected chi connectivity index (χ3v) is 3.30. The van der Waals surface area contributed by atoms with Crippen LogP contribution in [-0.4, -0.2) is 61.5 Å². The second-order valence-corrected chi connectivity index (χ2v) is 4.99. The molecule has 1 aromatic rings. The van der Waals surface area contributed by atoms with Gasteiger partial charge in [0.1, 0.15) is 0 Å². The van der Waals surface area contributed by atoms with Crippen LogP contribution in [0.2, 0.25) is 0 Å². The van der Waals surface area contributed by atoms with Crippen LogP contribution in [0.15, 0.2) is 24.3 Å². The van der Waals surface area contributed by atoms with E-state index in [9.17, 15) is 9.90 Å². The van der Waals surface area contributed by atoms with Crippen molar-refractivity contribution in [1.29, 1.82) is 0 Å². The van der Waals surface area contributed by atoms with Crippen LogP contribution in [0.25, 0.3) is 0 Å². The summed E-state index contributed by atoms with van der Waals surface area (Å²) in [4.78, 5) is 13.9. The summed E-state index contributed by atoms with van der Waals surface area (Å²) in [7, 11) is 1.56. The number of carbonyl (C=O) groups excluding carboxylic acids is 1. The number of rotatable bonds is 5. The van der Waals surface area contributed by atoms with Crippen molar-refractivity contribution >= 4 is 5.91 Å². The Kier molecular flexibility index (Phi) is 5.41. The predicted octanol–water partition coefficient (Wildman–Crippen LogP) is 0.682. The highest BCUT2D eigenvalue weighted by atomic mass is 16.5. The van der Waals surface area contributed by atoms with Crippen molar-refractivity contribution in [1.82, 2.24) is 4.90 Å². The molecule has 2 unspecified atom stereocenters. The standard InChI is InChI=1S/C15H21NO5/c1-11-7-16(8-12(9-17)21-11)15(18)10-20-14-6-4-3-5-13(14)19-2/h3-6,11-12,17H,7-10H2,1-2H3. The van der Waals surface area contributed by atoms with Gasteiger partial charge in [-0.2, -0.15) is 0 Å². The molecule has 0 radical (unpaired) electrons. The third-order valence-electron chi connectivity index (χ3n) is 3.30. The number of hydrogen-bond donors (Lipinski definition) is 1. The van der Waals surface area contributed by atoms with Crippen LogP contribution in [0.1, 0.15) is 6.92 Å². The van der Waals surface area contributed by atoms with E-state index in [1.54, 1.807) is 24.1 Å². The van der Waals surface area contributed by atoms with Crippen molar-refractivity contribution in [2.45, 2.75) is 19.1 Å². The van der Waals surface area contributed by atoms with Crippen LogP contribution in [0.4, 0.5) is 0 Å². The summed E-state index contributed by atoms with van der Waals surface area (Å²) < 4.78 is 16.2. The lowest BCUT2D eigenvalue weighted by atomic mass is 10.2. The van der Waals surface area contributed by atoms with Gasteiger partial charge in [-0.25, -0.2) is 0 Å². The molecule has 1 N–H and O–H groups in total. The molecular weight excluding hydrogens is 274 g/mol. The number of hydrogen-bond acceptors (Lipinski definition) is 5. The Labute approximate surface area is 124 Å². The molecule has 6 heteroatoms. The minimum absolute atomic E-state index is 0.0642. The maximum atomic E-state index is 12.2. The molecule has 6 nitrogen and oxygen atoms in total. The SMILES string of the molecule is COc1ccccc1OCC(=O)N1CC(C)OC(CO)C1. The zero-order valence-corrected chi connectivity index (χ0v) is 12.3. The summed E-state index contributed by atoms with van der Waals surface area (Å²) in [5, 5.41) is 9.17. The topological polar surface area (TPSA) is 68.2 Å². The Balaban J connectivity index is 1.92. The molecule has 116 valence electrons. The summed E-state index contributed by atoms with van der Waals surface area (Å²) in [6, 6.07) is 7.19. The molecule has 1 saturated heterocycles. The zero-order valence-electron chi connectivity index (χ0n) is 12.3. The van der Waals surface area contributed by atoms with Crippen molar-refractivity contribution in [3.05, 3.63) is 24.3 Å². The van der Waals surface area contributed by atoms with Crippen molar-refractivity contribution in [2.24, 2.45) is 0 Å². The highest BCUT2D eigenvalue weighted by molar-refractivity contribution is 5.78. The number of aliphatic hydroxyl groups is 1. The number of amides is 1. The second kappa shape index (κ2) is 7.28. The van der Waals surface area contributed by atoms with Crippen molar-refractivity contribution < 1.29 is 24.1 Å². The Morgan fingerprint density at radius 1 is 1.38 bits per heavy atom. The van der Waals surface area contributed by atoms with Crippen LogP contribution in [0, 0.1) is 0 Å². The highest BCUT2D eigenvalue weighted by Gasteiger charge is 2.28. The minimum atomic E-state index is -0.330. The molecule has 0 saturated carbocycles. The summed E-state index contributed by atoms with van der Waals surface area (Å²) in [5.74, 6) is 0.997. The Morgan fingerprint density at radius 3 is 2.76 bits per heavy atom. The molecule has 1 heterocycles. The predicted molar refractivity (Wildman–Crippen MR) is 76.5 cm³/mol. The first kappa shape index (κ1) is 15.6. The maximum absolute atomic E-state index is 12.2. The molecule has 1 amide bonds. The lowest BCUT2D eigenvalue weighted by Gasteiger charge is -2.36. The molecule has 21 heavy (non-hydrogen) atoms. The zero-order chi connectivity index (χ0) is 15.2. The van der Waals surface area contributed by atoms with E-state index in [1.807, 2.05) is 19.1 Å². The Morgan fingerprint density at radius 2 is 2.10 bits per heavy atom. The fourth-order valence-electron chi connectivity index (χ4n) is 2.32. The molecule has 0 aromatic heterocycles. The maximum Gasteiger partial charge on any atom is 0.260 e. The van der Waals surface area contributed by atoms with E-state index in [1.165, 1.54) is 0 Å². The Hall–Kier alpha value is -1.79. The monoisotopic (exact) mass is 295 g/mol. The number of morpholine rings is 1. The van der Waals surface area contributed by atoms with E-state index >= 15 is 0 Å². The molecule has 2 rings (SSSR count). The van der Waals surface area contributed by atoms with E-state index in [-0.39, 0.29) is 31.3 Å². The van der Waals surface area contributed by atoms with Crippen LogP contribution in [-0.2, 0) is 9.53 Å². The number of ether oxygens (including phenoxy) is 3. The largest absolute Gasteiger partial charge is 0.493 e. The fraction of sp³-hybridized carbons (Fsp3) is 0.533. The average Bonchev–Trinajstić information content (AvgIpc) is 2.52. The van der Waals surface area contributed by atoms with Gasteiger partial charge in [-0.1, -0.05) is 12.1 Å². The van der Waals surface area contributed by atoms with Gasteiger partial charge in [-0.05, 0) is 19.1 Å². The van der Waals surface area contributed by atoms with Gasteiger partial charge in [0, 0.05) is 13.1 Å². The molecule has 1 aromatic carbocycles. The van der Waals surface area contributed by atoms with Crippen molar-refractivity contribution in [3.63, 3.8) is 0 Å². The normalized spacial score (nSPS) is 22.0. The number of aliphatic hydroxyl groups excluding tert-OH is 1. The molecular formula is C15H21NO5. The number of para-hydroxylation sites is 2. The van der Waals surface area contributed by atoms with E-state index in [4.69, 9.17) is 14.2 Å². The van der Waals surface area contributed by atoms with Gasteiger partial charge in [-0.15, -0.1) is 0 Å². The summed E-state index contributed by atoms with van der Waals surface area (Å²) in [6.45, 7) is 2.61. The number of nitrogens with zero attached hydrogens (tertiary/aromatic N) is 1. The molecule has 1 aliphatic heterocycles. The van der Waals surface area contributed by atoms with Crippen LogP contribution in [0.5, 0.6) is 11.5 Å². The highest BCUT2D eigenvalue weighted by Crippen LogP contribution is 2.25. The minimum Gasteiger partial charge on any atom is -0.493 e. The molecule has 0 spiro atoms. The van der Waals surface area contributed by atoms with E-state index in [2.05, 4.69) is 0 Å². The fourth-order valence-corrected chi connectivity index (χ4v) is 2.32. The molecule has 2 atom stereocenters. The summed E-state index contributed by atoms with van der Waals surface area (Å²) in [5.41, 5.74) is 0. The van der Waals surface area contributed by atoms with Crippen molar-refractivity contribution in [2.75, 3.05) is 33.4 Å². The van der Waals surface area contributed by atoms with Crippen molar-refractivity contribution in [3.8, 4) is 11.5 Å². The number of carbonyl (C=O) groups is 1. The smallest absolute Gasteiger partial charge is 0.260 e. The summed E-state index contributed by atoms with van der Waals surface area (Å²) in [6.07, 6.45) is -0.421. The lowest BCUT2D eigenvalue weighted by molar-refractivity contribution is -0.149. The first-order valence-electron chi connectivity index (χ1n) is 6.94. The first-order valence-corrected chi connectivity index (χ1v) is 6.94. The van der Waals surface area contributed by atoms with Gasteiger partial charge in [0.25, 0.3) is 5.91 Å². The van der Waals surface area contributed by atoms with Crippen LogP contribution < -0.4 is 9.47 Å². The lowest BCUT2D eigenvalue weighted by Crippen LogP contribution is -2.51. The second-order valence-electron chi connectivity index (χ2n) is 4.99. The Bertz CT molecular complexity index is 479. The van der Waals surface area contributed by atoms with Gasteiger partial charge < -0.3 is 24.2 Å². The third kappa shape index (κ3) is 4.09. The van der Waals surface area contributed by atoms with Gasteiger partial charge in [0.15, 0.2) is 18.1 Å². The average molecular weight is 295 g/mol. The van der Waals surface area contributed by atoms with Gasteiger partial charge >= 0.3 is 0 Å². The molecule has 0 aliphatic carbocycles.